The summed E-state index contributed by atoms with van der Waals surface area (Å²) in [6, 6.07) is 6.06. The molecule has 0 aliphatic rings. The highest BCUT2D eigenvalue weighted by Crippen LogP contribution is 2.24. The molecule has 1 aromatic carbocycles. The van der Waals surface area contributed by atoms with E-state index in [0.29, 0.717) is 17.6 Å². The van der Waals surface area contributed by atoms with Gasteiger partial charge in [-0.1, -0.05) is 13.8 Å². The van der Waals surface area contributed by atoms with Crippen molar-refractivity contribution in [2.24, 2.45) is 5.92 Å². The van der Waals surface area contributed by atoms with Crippen LogP contribution in [0.15, 0.2) is 18.2 Å². The van der Waals surface area contributed by atoms with Crippen LogP contribution >= 0.6 is 0 Å². The van der Waals surface area contributed by atoms with Crippen molar-refractivity contribution in [1.29, 1.82) is 0 Å². The van der Waals surface area contributed by atoms with Gasteiger partial charge in [-0.25, -0.2) is 4.39 Å². The van der Waals surface area contributed by atoms with Crippen LogP contribution < -0.4 is 10.2 Å². The highest BCUT2D eigenvalue weighted by molar-refractivity contribution is 5.56. The van der Waals surface area contributed by atoms with Crippen molar-refractivity contribution >= 4 is 11.4 Å². The second-order valence-electron chi connectivity index (χ2n) is 6.39. The number of rotatable bonds is 7. The Morgan fingerprint density at radius 3 is 2.25 bits per heavy atom. The maximum atomic E-state index is 14.1. The molecular formula is C17H29FN2. The van der Waals surface area contributed by atoms with Gasteiger partial charge < -0.3 is 10.2 Å². The molecule has 1 unspecified atom stereocenters. The minimum atomic E-state index is -0.165. The van der Waals surface area contributed by atoms with Gasteiger partial charge in [0.15, 0.2) is 0 Å². The fourth-order valence-corrected chi connectivity index (χ4v) is 2.10. The lowest BCUT2D eigenvalue weighted by Gasteiger charge is -2.25. The molecule has 0 amide bonds. The molecule has 114 valence electrons. The Morgan fingerprint density at radius 1 is 1.10 bits per heavy atom. The molecule has 2 nitrogen and oxygen atoms in total. The summed E-state index contributed by atoms with van der Waals surface area (Å²) in [5.74, 6) is 0.542. The van der Waals surface area contributed by atoms with E-state index in [2.05, 4.69) is 39.9 Å². The van der Waals surface area contributed by atoms with Gasteiger partial charge >= 0.3 is 0 Å². The first kappa shape index (κ1) is 16.8. The predicted molar refractivity (Wildman–Crippen MR) is 87.1 cm³/mol. The maximum Gasteiger partial charge on any atom is 0.148 e. The standard InChI is InChI=1S/C17H29FN2/c1-12(2)7-8-14(5)19-15-9-10-17(16(18)11-15)20(6)13(3)4/h9-14,19H,7-8H2,1-6H3. The van der Waals surface area contributed by atoms with Gasteiger partial charge in [-0.15, -0.1) is 0 Å². The summed E-state index contributed by atoms with van der Waals surface area (Å²) in [6.07, 6.45) is 2.29. The smallest absolute Gasteiger partial charge is 0.148 e. The molecule has 20 heavy (non-hydrogen) atoms. The van der Waals surface area contributed by atoms with E-state index in [1.54, 1.807) is 6.07 Å². The van der Waals surface area contributed by atoms with Crippen LogP contribution in [0.5, 0.6) is 0 Å². The van der Waals surface area contributed by atoms with Crippen molar-refractivity contribution in [1.82, 2.24) is 0 Å². The first-order valence-corrected chi connectivity index (χ1v) is 7.60. The zero-order valence-electron chi connectivity index (χ0n) is 13.7. The molecule has 1 atom stereocenters. The van der Waals surface area contributed by atoms with Crippen LogP contribution in [0.25, 0.3) is 0 Å². The number of nitrogens with zero attached hydrogens (tertiary/aromatic N) is 1. The topological polar surface area (TPSA) is 15.3 Å². The first-order valence-electron chi connectivity index (χ1n) is 7.60. The SMILES string of the molecule is CC(C)CCC(C)Nc1ccc(N(C)C(C)C)c(F)c1. The fourth-order valence-electron chi connectivity index (χ4n) is 2.10. The lowest BCUT2D eigenvalue weighted by molar-refractivity contribution is 0.527. The van der Waals surface area contributed by atoms with E-state index in [4.69, 9.17) is 0 Å². The third-order valence-corrected chi connectivity index (χ3v) is 3.69. The average molecular weight is 280 g/mol. The highest BCUT2D eigenvalue weighted by atomic mass is 19.1. The maximum absolute atomic E-state index is 14.1. The molecule has 0 aliphatic carbocycles. The Kier molecular flexibility index (Phi) is 6.31. The molecule has 0 saturated carbocycles. The quantitative estimate of drug-likeness (QED) is 0.763. The van der Waals surface area contributed by atoms with Crippen molar-refractivity contribution in [2.45, 2.75) is 59.5 Å². The van der Waals surface area contributed by atoms with E-state index in [1.165, 1.54) is 6.42 Å². The van der Waals surface area contributed by atoms with Crippen molar-refractivity contribution in [3.8, 4) is 0 Å². The largest absolute Gasteiger partial charge is 0.383 e. The summed E-state index contributed by atoms with van der Waals surface area (Å²) in [5.41, 5.74) is 1.51. The Morgan fingerprint density at radius 2 is 1.75 bits per heavy atom. The third-order valence-electron chi connectivity index (χ3n) is 3.69. The van der Waals surface area contributed by atoms with Gasteiger partial charge in [0.1, 0.15) is 5.82 Å². The first-order chi connectivity index (χ1) is 9.31. The molecule has 1 rings (SSSR count). The van der Waals surface area contributed by atoms with E-state index in [-0.39, 0.29) is 11.9 Å². The Balaban J connectivity index is 2.68. The van der Waals surface area contributed by atoms with Crippen LogP contribution in [-0.4, -0.2) is 19.1 Å². The summed E-state index contributed by atoms with van der Waals surface area (Å²) in [5, 5.41) is 3.37. The summed E-state index contributed by atoms with van der Waals surface area (Å²) in [4.78, 5) is 1.95. The second kappa shape index (κ2) is 7.51. The van der Waals surface area contributed by atoms with Gasteiger partial charge in [0.2, 0.25) is 0 Å². The lowest BCUT2D eigenvalue weighted by Crippen LogP contribution is -2.26. The number of halogens is 1. The zero-order valence-corrected chi connectivity index (χ0v) is 13.7. The van der Waals surface area contributed by atoms with Crippen molar-refractivity contribution in [3.05, 3.63) is 24.0 Å². The summed E-state index contributed by atoms with van der Waals surface area (Å²) >= 11 is 0. The average Bonchev–Trinajstić information content (AvgIpc) is 2.35. The van der Waals surface area contributed by atoms with Crippen LogP contribution in [0.3, 0.4) is 0 Å². The van der Waals surface area contributed by atoms with Crippen molar-refractivity contribution in [3.63, 3.8) is 0 Å². The minimum absolute atomic E-state index is 0.165. The summed E-state index contributed by atoms with van der Waals surface area (Å²) < 4.78 is 14.1. The van der Waals surface area contributed by atoms with Crippen LogP contribution in [0, 0.1) is 11.7 Å². The molecular weight excluding hydrogens is 251 g/mol. The van der Waals surface area contributed by atoms with Gasteiger partial charge in [-0.05, 0) is 57.7 Å². The van der Waals surface area contributed by atoms with Gasteiger partial charge in [-0.2, -0.15) is 0 Å². The molecule has 0 radical (unpaired) electrons. The Labute approximate surface area is 123 Å². The minimum Gasteiger partial charge on any atom is -0.383 e. The van der Waals surface area contributed by atoms with Crippen LogP contribution in [-0.2, 0) is 0 Å². The normalized spacial score (nSPS) is 12.8. The number of hydrogen-bond donors (Lipinski definition) is 1. The van der Waals surface area contributed by atoms with Crippen LogP contribution in [0.4, 0.5) is 15.8 Å². The van der Waals surface area contributed by atoms with Gasteiger partial charge in [0.25, 0.3) is 0 Å². The van der Waals surface area contributed by atoms with Gasteiger partial charge in [0.05, 0.1) is 5.69 Å². The summed E-state index contributed by atoms with van der Waals surface area (Å²) in [6.45, 7) is 10.7. The number of hydrogen-bond acceptors (Lipinski definition) is 2. The molecule has 0 bridgehead atoms. The third kappa shape index (κ3) is 5.03. The van der Waals surface area contributed by atoms with E-state index >= 15 is 0 Å². The monoisotopic (exact) mass is 280 g/mol. The van der Waals surface area contributed by atoms with Gasteiger partial charge in [0, 0.05) is 24.8 Å². The number of nitrogens with one attached hydrogen (secondary N) is 1. The predicted octanol–water partition coefficient (Wildman–Crippen LogP) is 4.91. The van der Waals surface area contributed by atoms with Crippen molar-refractivity contribution < 1.29 is 4.39 Å². The zero-order chi connectivity index (χ0) is 15.3. The molecule has 0 aliphatic heterocycles. The Hall–Kier alpha value is -1.25. The van der Waals surface area contributed by atoms with E-state index in [1.807, 2.05) is 24.1 Å². The van der Waals surface area contributed by atoms with E-state index in [9.17, 15) is 4.39 Å². The number of anilines is 2. The van der Waals surface area contributed by atoms with Crippen LogP contribution in [0.1, 0.15) is 47.5 Å². The molecule has 3 heteroatoms. The fraction of sp³-hybridized carbons (Fsp3) is 0.647. The van der Waals surface area contributed by atoms with Crippen LogP contribution in [0.2, 0.25) is 0 Å². The number of benzene rings is 1. The molecule has 0 heterocycles. The molecule has 0 spiro atoms. The highest BCUT2D eigenvalue weighted by Gasteiger charge is 2.12. The molecule has 1 aromatic rings. The second-order valence-corrected chi connectivity index (χ2v) is 6.39. The Bertz CT molecular complexity index is 415. The van der Waals surface area contributed by atoms with Gasteiger partial charge in [-0.3, -0.25) is 0 Å². The molecule has 0 saturated heterocycles. The lowest BCUT2D eigenvalue weighted by atomic mass is 10.0. The summed E-state index contributed by atoms with van der Waals surface area (Å²) in [7, 11) is 1.92. The van der Waals surface area contributed by atoms with Crippen molar-refractivity contribution in [2.75, 3.05) is 17.3 Å². The molecule has 0 fully saturated rings. The molecule has 0 aromatic heterocycles. The van der Waals surface area contributed by atoms with E-state index < -0.39 is 0 Å². The van der Waals surface area contributed by atoms with E-state index in [0.717, 1.165) is 12.1 Å². The molecule has 1 N–H and O–H groups in total.